The zero-order valence-corrected chi connectivity index (χ0v) is 23.9. The molecule has 0 atom stereocenters. The molecule has 3 heterocycles. The summed E-state index contributed by atoms with van der Waals surface area (Å²) in [5.41, 5.74) is 0. The van der Waals surface area contributed by atoms with Crippen LogP contribution in [-0.2, 0) is 28.4 Å². The van der Waals surface area contributed by atoms with Gasteiger partial charge < -0.3 is 37.9 Å². The van der Waals surface area contributed by atoms with E-state index in [-0.39, 0.29) is 0 Å². The molecule has 0 unspecified atom stereocenters. The number of rotatable bonds is 22. The molecule has 3 rings (SSSR count). The van der Waals surface area contributed by atoms with Crippen molar-refractivity contribution < 1.29 is 37.9 Å². The molecule has 11 heteroatoms. The van der Waals surface area contributed by atoms with Crippen molar-refractivity contribution >= 4 is 34.0 Å². The van der Waals surface area contributed by atoms with Crippen molar-refractivity contribution in [1.82, 2.24) is 0 Å². The van der Waals surface area contributed by atoms with E-state index in [9.17, 15) is 0 Å². The summed E-state index contributed by atoms with van der Waals surface area (Å²) >= 11 is 5.07. The van der Waals surface area contributed by atoms with E-state index in [1.54, 1.807) is 48.2 Å². The van der Waals surface area contributed by atoms with Gasteiger partial charge in [0, 0.05) is 30.0 Å². The fourth-order valence-corrected chi connectivity index (χ4v) is 6.03. The fourth-order valence-electron chi connectivity index (χ4n) is 3.11. The smallest absolute Gasteiger partial charge is 0.139 e. The maximum atomic E-state index is 6.17. The quantitative estimate of drug-likeness (QED) is 0.150. The average molecular weight is 573 g/mol. The predicted octanol–water partition coefficient (Wildman–Crippen LogP) is 5.32. The highest BCUT2D eigenvalue weighted by Crippen LogP contribution is 2.49. The molecule has 0 spiro atoms. The molecule has 0 bridgehead atoms. The van der Waals surface area contributed by atoms with Gasteiger partial charge in [0.25, 0.3) is 0 Å². The van der Waals surface area contributed by atoms with Gasteiger partial charge in [0.15, 0.2) is 0 Å². The van der Waals surface area contributed by atoms with Gasteiger partial charge in [-0.25, -0.2) is 0 Å². The topological polar surface area (TPSA) is 73.8 Å². The summed E-state index contributed by atoms with van der Waals surface area (Å²) in [7, 11) is 3.31. The maximum absolute atomic E-state index is 6.17. The standard InChI is InChI=1S/C26H36O8S3/c1-27-6-8-29-10-12-31-14-16-33-21-5-19-36-25(21)26-22(20-24(37-26)23-4-3-18-35-23)34-17-15-32-13-11-30-9-7-28-2/h3-5,18-20H,6-17H2,1-2H3. The van der Waals surface area contributed by atoms with Gasteiger partial charge in [-0.3, -0.25) is 0 Å². The van der Waals surface area contributed by atoms with E-state index in [1.807, 2.05) is 11.4 Å². The average Bonchev–Trinajstić information content (AvgIpc) is 3.67. The predicted molar refractivity (Wildman–Crippen MR) is 149 cm³/mol. The van der Waals surface area contributed by atoms with E-state index in [4.69, 9.17) is 37.9 Å². The second-order valence-corrected chi connectivity index (χ2v) is 10.4. The number of methoxy groups -OCH3 is 2. The first-order chi connectivity index (χ1) is 18.3. The highest BCUT2D eigenvalue weighted by atomic mass is 32.1. The molecule has 206 valence electrons. The van der Waals surface area contributed by atoms with E-state index < -0.39 is 0 Å². The Hall–Kier alpha value is -1.54. The Morgan fingerprint density at radius 1 is 0.541 bits per heavy atom. The molecule has 37 heavy (non-hydrogen) atoms. The third-order valence-corrected chi connectivity index (χ3v) is 8.12. The van der Waals surface area contributed by atoms with Gasteiger partial charge in [0.05, 0.1) is 75.8 Å². The number of hydrogen-bond acceptors (Lipinski definition) is 11. The second kappa shape index (κ2) is 18.7. The van der Waals surface area contributed by atoms with Gasteiger partial charge >= 0.3 is 0 Å². The molecule has 0 saturated heterocycles. The monoisotopic (exact) mass is 572 g/mol. The molecule has 8 nitrogen and oxygen atoms in total. The van der Waals surface area contributed by atoms with E-state index in [1.165, 1.54) is 9.75 Å². The van der Waals surface area contributed by atoms with E-state index in [0.29, 0.717) is 79.3 Å². The Morgan fingerprint density at radius 2 is 1.11 bits per heavy atom. The molecular formula is C26H36O8S3. The molecule has 3 aromatic rings. The third kappa shape index (κ3) is 11.0. The largest absolute Gasteiger partial charge is 0.490 e. The summed E-state index contributed by atoms with van der Waals surface area (Å²) in [4.78, 5) is 4.50. The first-order valence-electron chi connectivity index (χ1n) is 12.1. The maximum Gasteiger partial charge on any atom is 0.139 e. The summed E-state index contributed by atoms with van der Waals surface area (Å²) in [6.45, 7) is 6.33. The molecule has 0 aliphatic rings. The van der Waals surface area contributed by atoms with Crippen molar-refractivity contribution in [1.29, 1.82) is 0 Å². The summed E-state index contributed by atoms with van der Waals surface area (Å²) in [5, 5.41) is 4.12. The van der Waals surface area contributed by atoms with E-state index in [2.05, 4.69) is 23.6 Å². The first kappa shape index (κ1) is 30.0. The molecule has 0 aromatic carbocycles. The van der Waals surface area contributed by atoms with E-state index >= 15 is 0 Å². The molecule has 0 fully saturated rings. The molecule has 0 aliphatic carbocycles. The van der Waals surface area contributed by atoms with Gasteiger partial charge in [0.1, 0.15) is 24.7 Å². The minimum atomic E-state index is 0.452. The first-order valence-corrected chi connectivity index (χ1v) is 14.7. The zero-order valence-electron chi connectivity index (χ0n) is 21.4. The molecule has 0 saturated carbocycles. The minimum absolute atomic E-state index is 0.452. The van der Waals surface area contributed by atoms with Gasteiger partial charge in [0.2, 0.25) is 0 Å². The summed E-state index contributed by atoms with van der Waals surface area (Å²) in [6, 6.07) is 8.29. The van der Waals surface area contributed by atoms with Crippen molar-refractivity contribution in [3.05, 3.63) is 35.0 Å². The van der Waals surface area contributed by atoms with Crippen molar-refractivity contribution in [3.8, 4) is 31.0 Å². The van der Waals surface area contributed by atoms with E-state index in [0.717, 1.165) is 21.3 Å². The Morgan fingerprint density at radius 3 is 1.68 bits per heavy atom. The fraction of sp³-hybridized carbons (Fsp3) is 0.538. The van der Waals surface area contributed by atoms with Crippen LogP contribution in [0.25, 0.3) is 19.5 Å². The van der Waals surface area contributed by atoms with Crippen LogP contribution >= 0.6 is 34.0 Å². The summed E-state index contributed by atoms with van der Waals surface area (Å²) in [6.07, 6.45) is 0. The van der Waals surface area contributed by atoms with Crippen molar-refractivity contribution in [3.63, 3.8) is 0 Å². The van der Waals surface area contributed by atoms with Crippen LogP contribution in [0.5, 0.6) is 11.5 Å². The molecule has 3 aromatic heterocycles. The lowest BCUT2D eigenvalue weighted by atomic mass is 10.3. The Bertz CT molecular complexity index is 957. The minimum Gasteiger partial charge on any atom is -0.490 e. The summed E-state index contributed by atoms with van der Waals surface area (Å²) < 4.78 is 44.2. The molecular weight excluding hydrogens is 536 g/mol. The number of ether oxygens (including phenoxy) is 8. The van der Waals surface area contributed by atoms with Crippen molar-refractivity contribution in [2.75, 3.05) is 93.5 Å². The van der Waals surface area contributed by atoms with Crippen LogP contribution in [0.1, 0.15) is 0 Å². The lowest BCUT2D eigenvalue weighted by molar-refractivity contribution is 0.0179. The van der Waals surface area contributed by atoms with Gasteiger partial charge in [-0.05, 0) is 22.9 Å². The van der Waals surface area contributed by atoms with Gasteiger partial charge in [-0.1, -0.05) is 6.07 Å². The van der Waals surface area contributed by atoms with Crippen molar-refractivity contribution in [2.45, 2.75) is 0 Å². The molecule has 0 aliphatic heterocycles. The third-order valence-electron chi connectivity index (χ3n) is 4.88. The van der Waals surface area contributed by atoms with Crippen LogP contribution in [0.3, 0.4) is 0 Å². The Labute approximate surface area is 230 Å². The summed E-state index contributed by atoms with van der Waals surface area (Å²) in [5.74, 6) is 1.67. The van der Waals surface area contributed by atoms with Crippen LogP contribution in [0, 0.1) is 0 Å². The molecule has 0 N–H and O–H groups in total. The molecule has 0 amide bonds. The number of thiophene rings is 3. The van der Waals surface area contributed by atoms with Gasteiger partial charge in [-0.15, -0.1) is 34.0 Å². The molecule has 0 radical (unpaired) electrons. The lowest BCUT2D eigenvalue weighted by Crippen LogP contribution is -2.12. The SMILES string of the molecule is COCCOCCOCCOc1ccsc1-c1sc(-c2cccs2)cc1OCCOCCOCCOC. The van der Waals surface area contributed by atoms with Gasteiger partial charge in [-0.2, -0.15) is 0 Å². The zero-order chi connectivity index (χ0) is 26.0. The van der Waals surface area contributed by atoms with Crippen LogP contribution in [0.4, 0.5) is 0 Å². The van der Waals surface area contributed by atoms with Crippen LogP contribution in [0.2, 0.25) is 0 Å². The highest BCUT2D eigenvalue weighted by molar-refractivity contribution is 7.26. The second-order valence-electron chi connectivity index (χ2n) is 7.53. The lowest BCUT2D eigenvalue weighted by Gasteiger charge is -2.10. The Kier molecular flexibility index (Phi) is 15.1. The van der Waals surface area contributed by atoms with Crippen molar-refractivity contribution in [2.24, 2.45) is 0 Å². The normalized spacial score (nSPS) is 11.3. The van der Waals surface area contributed by atoms with Crippen LogP contribution < -0.4 is 9.47 Å². The van der Waals surface area contributed by atoms with Crippen LogP contribution in [-0.4, -0.2) is 93.5 Å². The Balaban J connectivity index is 1.50. The van der Waals surface area contributed by atoms with Crippen LogP contribution in [0.15, 0.2) is 35.0 Å². The number of hydrogen-bond donors (Lipinski definition) is 0. The highest BCUT2D eigenvalue weighted by Gasteiger charge is 2.19.